The molecule has 3 saturated heterocycles. The first kappa shape index (κ1) is 6.04. The molecule has 0 radical (unpaired) electrons. The normalized spacial score (nSPS) is 47.1. The second-order valence-corrected chi connectivity index (χ2v) is 4.38. The van der Waals surface area contributed by atoms with Gasteiger partial charge in [0.05, 0.1) is 0 Å². The molecule has 1 saturated carbocycles. The third-order valence-electron chi connectivity index (χ3n) is 3.52. The quantitative estimate of drug-likeness (QED) is 0.503. The van der Waals surface area contributed by atoms with E-state index in [1.54, 1.807) is 0 Å². The van der Waals surface area contributed by atoms with Gasteiger partial charge in [0, 0.05) is 19.0 Å². The van der Waals surface area contributed by atoms with Gasteiger partial charge in [0.25, 0.3) is 0 Å². The van der Waals surface area contributed by atoms with Crippen molar-refractivity contribution in [3.05, 3.63) is 0 Å². The van der Waals surface area contributed by atoms with E-state index >= 15 is 0 Å². The molecule has 3 aliphatic heterocycles. The fourth-order valence-electron chi connectivity index (χ4n) is 3.20. The Morgan fingerprint density at radius 1 is 1.09 bits per heavy atom. The first-order valence-electron chi connectivity index (χ1n) is 4.61. The van der Waals surface area contributed by atoms with Crippen LogP contribution in [0.2, 0.25) is 0 Å². The van der Waals surface area contributed by atoms with Gasteiger partial charge in [-0.1, -0.05) is 0 Å². The van der Waals surface area contributed by atoms with Crippen molar-refractivity contribution >= 4 is 5.91 Å². The highest BCUT2D eigenvalue weighted by molar-refractivity contribution is 5.80. The number of carbonyl (C=O) groups is 1. The van der Waals surface area contributed by atoms with E-state index < -0.39 is 0 Å². The molecule has 0 aromatic heterocycles. The second kappa shape index (κ2) is 1.79. The molecule has 0 N–H and O–H groups in total. The molecular formula is C9H13NO. The van der Waals surface area contributed by atoms with E-state index in [0.29, 0.717) is 11.8 Å². The molecule has 4 rings (SSSR count). The molecule has 3 heterocycles. The molecule has 0 aromatic rings. The lowest BCUT2D eigenvalue weighted by atomic mass is 9.68. The lowest BCUT2D eigenvalue weighted by Gasteiger charge is -2.50. The number of hydrogen-bond donors (Lipinski definition) is 0. The van der Waals surface area contributed by atoms with Crippen LogP contribution < -0.4 is 0 Å². The molecule has 60 valence electrons. The molecule has 2 nitrogen and oxygen atoms in total. The Balaban J connectivity index is 1.96. The summed E-state index contributed by atoms with van der Waals surface area (Å²) in [6.07, 6.45) is 3.80. The van der Waals surface area contributed by atoms with Crippen LogP contribution in [0.4, 0.5) is 0 Å². The molecule has 4 aliphatic rings. The summed E-state index contributed by atoms with van der Waals surface area (Å²) in [5.41, 5.74) is 0. The van der Waals surface area contributed by atoms with Crippen molar-refractivity contribution in [3.8, 4) is 0 Å². The van der Waals surface area contributed by atoms with Crippen LogP contribution in [0.3, 0.4) is 0 Å². The summed E-state index contributed by atoms with van der Waals surface area (Å²) >= 11 is 0. The van der Waals surface area contributed by atoms with Crippen LogP contribution in [0.25, 0.3) is 0 Å². The highest BCUT2D eigenvalue weighted by atomic mass is 16.2. The Morgan fingerprint density at radius 3 is 2.27 bits per heavy atom. The lowest BCUT2D eigenvalue weighted by molar-refractivity contribution is -0.152. The van der Waals surface area contributed by atoms with E-state index in [9.17, 15) is 4.79 Å². The lowest BCUT2D eigenvalue weighted by Crippen LogP contribution is -2.56. The van der Waals surface area contributed by atoms with E-state index in [0.717, 1.165) is 24.9 Å². The molecule has 4 fully saturated rings. The van der Waals surface area contributed by atoms with Crippen LogP contribution in [-0.2, 0) is 4.79 Å². The monoisotopic (exact) mass is 151 g/mol. The molecule has 4 bridgehead atoms. The highest BCUT2D eigenvalue weighted by Gasteiger charge is 2.45. The minimum atomic E-state index is 0.432. The molecule has 1 amide bonds. The molecule has 1 aliphatic carbocycles. The number of rotatable bonds is 0. The van der Waals surface area contributed by atoms with Gasteiger partial charge < -0.3 is 4.90 Å². The number of nitrogens with zero attached hydrogens (tertiary/aromatic N) is 1. The van der Waals surface area contributed by atoms with Gasteiger partial charge in [-0.3, -0.25) is 4.79 Å². The zero-order chi connectivity index (χ0) is 7.42. The van der Waals surface area contributed by atoms with E-state index in [-0.39, 0.29) is 0 Å². The van der Waals surface area contributed by atoms with Crippen LogP contribution in [0.15, 0.2) is 0 Å². The number of hydrogen-bond acceptors (Lipinski definition) is 1. The first-order valence-corrected chi connectivity index (χ1v) is 4.61. The van der Waals surface area contributed by atoms with E-state index in [1.165, 1.54) is 19.3 Å². The molecule has 0 spiro atoms. The van der Waals surface area contributed by atoms with E-state index in [2.05, 4.69) is 4.90 Å². The highest BCUT2D eigenvalue weighted by Crippen LogP contribution is 2.43. The summed E-state index contributed by atoms with van der Waals surface area (Å²) in [6.45, 7) is 2.15. The van der Waals surface area contributed by atoms with Crippen molar-refractivity contribution in [2.45, 2.75) is 19.3 Å². The van der Waals surface area contributed by atoms with Gasteiger partial charge in [0.2, 0.25) is 5.91 Å². The smallest absolute Gasteiger partial charge is 0.225 e. The average molecular weight is 151 g/mol. The maximum Gasteiger partial charge on any atom is 0.225 e. The maximum absolute atomic E-state index is 11.5. The third kappa shape index (κ3) is 0.700. The van der Waals surface area contributed by atoms with Crippen LogP contribution in [-0.4, -0.2) is 23.9 Å². The Labute approximate surface area is 66.6 Å². The second-order valence-electron chi connectivity index (χ2n) is 4.38. The molecule has 3 atom stereocenters. The molecular weight excluding hydrogens is 138 g/mol. The summed E-state index contributed by atoms with van der Waals surface area (Å²) in [4.78, 5) is 13.6. The van der Waals surface area contributed by atoms with Gasteiger partial charge in [-0.25, -0.2) is 0 Å². The Morgan fingerprint density at radius 2 is 1.73 bits per heavy atom. The van der Waals surface area contributed by atoms with Gasteiger partial charge in [-0.05, 0) is 31.1 Å². The summed E-state index contributed by atoms with van der Waals surface area (Å²) < 4.78 is 0. The van der Waals surface area contributed by atoms with Crippen molar-refractivity contribution in [2.75, 3.05) is 13.1 Å². The van der Waals surface area contributed by atoms with Gasteiger partial charge in [0.1, 0.15) is 0 Å². The van der Waals surface area contributed by atoms with Crippen LogP contribution in [0.5, 0.6) is 0 Å². The topological polar surface area (TPSA) is 20.3 Å². The largest absolute Gasteiger partial charge is 0.342 e. The van der Waals surface area contributed by atoms with Gasteiger partial charge in [-0.15, -0.1) is 0 Å². The van der Waals surface area contributed by atoms with E-state index in [4.69, 9.17) is 0 Å². The number of carbonyl (C=O) groups excluding carboxylic acids is 1. The van der Waals surface area contributed by atoms with Crippen LogP contribution in [0, 0.1) is 17.8 Å². The number of piperidine rings is 3. The predicted molar refractivity (Wildman–Crippen MR) is 40.9 cm³/mol. The average Bonchev–Trinajstić information content (AvgIpc) is 1.98. The molecule has 1 unspecified atom stereocenters. The SMILES string of the molecule is O=C1C2C[C@@H]3C[C@H](C2)CN1C3. The molecule has 11 heavy (non-hydrogen) atoms. The number of amides is 1. The van der Waals surface area contributed by atoms with Gasteiger partial charge >= 0.3 is 0 Å². The summed E-state index contributed by atoms with van der Waals surface area (Å²) in [6, 6.07) is 0. The minimum absolute atomic E-state index is 0.432. The minimum Gasteiger partial charge on any atom is -0.342 e. The molecule has 2 heteroatoms. The Bertz CT molecular complexity index is 182. The standard InChI is InChI=1S/C9H13NO/c11-9-8-2-6-1-7(3-8)5-10(9)4-6/h6-8H,1-5H2/t6-,7+,8?. The summed E-state index contributed by atoms with van der Waals surface area (Å²) in [5.74, 6) is 2.62. The zero-order valence-electron chi connectivity index (χ0n) is 6.62. The van der Waals surface area contributed by atoms with Crippen molar-refractivity contribution in [1.82, 2.24) is 4.90 Å². The van der Waals surface area contributed by atoms with Crippen molar-refractivity contribution in [3.63, 3.8) is 0 Å². The summed E-state index contributed by atoms with van der Waals surface area (Å²) in [7, 11) is 0. The molecule has 0 aromatic carbocycles. The zero-order valence-corrected chi connectivity index (χ0v) is 6.62. The summed E-state index contributed by atoms with van der Waals surface area (Å²) in [5, 5.41) is 0. The fraction of sp³-hybridized carbons (Fsp3) is 0.889. The van der Waals surface area contributed by atoms with Crippen LogP contribution in [0.1, 0.15) is 19.3 Å². The van der Waals surface area contributed by atoms with Gasteiger partial charge in [0.15, 0.2) is 0 Å². The third-order valence-corrected chi connectivity index (χ3v) is 3.52. The Kier molecular flexibility index (Phi) is 0.984. The van der Waals surface area contributed by atoms with Gasteiger partial charge in [-0.2, -0.15) is 0 Å². The maximum atomic E-state index is 11.5. The van der Waals surface area contributed by atoms with Crippen molar-refractivity contribution in [2.24, 2.45) is 17.8 Å². The van der Waals surface area contributed by atoms with Crippen LogP contribution >= 0.6 is 0 Å². The predicted octanol–water partition coefficient (Wildman–Crippen LogP) is 0.875. The first-order chi connectivity index (χ1) is 5.33. The van der Waals surface area contributed by atoms with Crippen molar-refractivity contribution < 1.29 is 4.79 Å². The fourth-order valence-corrected chi connectivity index (χ4v) is 3.20. The van der Waals surface area contributed by atoms with Crippen molar-refractivity contribution in [1.29, 1.82) is 0 Å². The Hall–Kier alpha value is -0.530. The van der Waals surface area contributed by atoms with E-state index in [1.807, 2.05) is 0 Å².